The molecular weight excluding hydrogens is 490 g/mol. The van der Waals surface area contributed by atoms with Crippen LogP contribution in [0.2, 0.25) is 0 Å². The van der Waals surface area contributed by atoms with Gasteiger partial charge >= 0.3 is 6.09 Å². The fraction of sp³-hybridized carbons (Fsp3) is 0.312. The molecule has 1 N–H and O–H groups in total. The Bertz CT molecular complexity index is 1480. The van der Waals surface area contributed by atoms with Crippen LogP contribution in [0, 0.1) is 6.92 Å². The molecule has 1 fully saturated rings. The number of amides is 2. The zero-order chi connectivity index (χ0) is 27.6. The van der Waals surface area contributed by atoms with Crippen LogP contribution in [0.4, 0.5) is 10.5 Å². The number of nitrogens with zero attached hydrogens (tertiary/aromatic N) is 2. The van der Waals surface area contributed by atoms with Gasteiger partial charge in [-0.3, -0.25) is 9.69 Å². The van der Waals surface area contributed by atoms with Gasteiger partial charge in [0.05, 0.1) is 5.69 Å². The maximum absolute atomic E-state index is 12.9. The van der Waals surface area contributed by atoms with E-state index in [0.717, 1.165) is 47.3 Å². The van der Waals surface area contributed by atoms with Crippen molar-refractivity contribution in [1.29, 1.82) is 0 Å². The lowest BCUT2D eigenvalue weighted by Gasteiger charge is -2.35. The van der Waals surface area contributed by atoms with Crippen LogP contribution in [0.3, 0.4) is 0 Å². The van der Waals surface area contributed by atoms with Crippen molar-refractivity contribution in [2.24, 2.45) is 0 Å². The second-order valence-corrected chi connectivity index (χ2v) is 11.0. The van der Waals surface area contributed by atoms with E-state index in [2.05, 4.69) is 22.3 Å². The molecule has 0 spiro atoms. The smallest absolute Gasteiger partial charge is 0.410 e. The maximum atomic E-state index is 12.9. The summed E-state index contributed by atoms with van der Waals surface area (Å²) in [6.45, 7) is 11.2. The Hall–Kier alpha value is -4.10. The minimum Gasteiger partial charge on any atom is -0.456 e. The first-order chi connectivity index (χ1) is 18.7. The summed E-state index contributed by atoms with van der Waals surface area (Å²) in [7, 11) is 0. The van der Waals surface area contributed by atoms with Crippen LogP contribution in [-0.2, 0) is 11.3 Å². The summed E-state index contributed by atoms with van der Waals surface area (Å²) in [5, 5.41) is 4.09. The number of hydrogen-bond donors (Lipinski definition) is 1. The Labute approximate surface area is 229 Å². The standard InChI is InChI=1S/C32H35N3O4/c1-22-12-14-23(15-13-22)30(36)33-27-10-6-5-9-25(27)29-20-26-24(8-7-11-28(26)38-29)21-34-16-18-35(19-17-34)31(37)39-32(2,3)4/h5-15,20H,16-19,21H2,1-4H3,(H,33,36). The normalized spacial score (nSPS) is 14.4. The van der Waals surface area contributed by atoms with E-state index in [1.807, 2.05) is 88.4 Å². The number of nitrogens with one attached hydrogen (secondary N) is 1. The van der Waals surface area contributed by atoms with E-state index in [0.29, 0.717) is 30.1 Å². The zero-order valence-electron chi connectivity index (χ0n) is 23.0. The summed E-state index contributed by atoms with van der Waals surface area (Å²) in [6, 6.07) is 23.3. The molecule has 0 bridgehead atoms. The highest BCUT2D eigenvalue weighted by Crippen LogP contribution is 2.34. The second-order valence-electron chi connectivity index (χ2n) is 11.0. The Morgan fingerprint density at radius 2 is 1.64 bits per heavy atom. The third kappa shape index (κ3) is 6.32. The third-order valence-electron chi connectivity index (χ3n) is 6.82. The number of para-hydroxylation sites is 1. The van der Waals surface area contributed by atoms with Crippen molar-refractivity contribution >= 4 is 28.7 Å². The predicted octanol–water partition coefficient (Wildman–Crippen LogP) is 6.71. The van der Waals surface area contributed by atoms with Crippen molar-refractivity contribution in [3.8, 4) is 11.3 Å². The van der Waals surface area contributed by atoms with Gasteiger partial charge in [-0.2, -0.15) is 0 Å². The number of carbonyl (C=O) groups is 2. The SMILES string of the molecule is Cc1ccc(C(=O)Nc2ccccc2-c2cc3c(CN4CCN(C(=O)OC(C)(C)C)CC4)cccc3o2)cc1. The van der Waals surface area contributed by atoms with Gasteiger partial charge in [0.25, 0.3) is 5.91 Å². The average molecular weight is 526 g/mol. The van der Waals surface area contributed by atoms with Gasteiger partial charge in [0.2, 0.25) is 0 Å². The van der Waals surface area contributed by atoms with Gasteiger partial charge in [-0.15, -0.1) is 0 Å². The number of anilines is 1. The number of furan rings is 1. The summed E-state index contributed by atoms with van der Waals surface area (Å²) in [5.74, 6) is 0.539. The molecule has 0 atom stereocenters. The van der Waals surface area contributed by atoms with Gasteiger partial charge in [0, 0.05) is 49.2 Å². The van der Waals surface area contributed by atoms with Gasteiger partial charge < -0.3 is 19.4 Å². The highest BCUT2D eigenvalue weighted by atomic mass is 16.6. The molecule has 1 aliphatic rings. The average Bonchev–Trinajstić information content (AvgIpc) is 3.34. The summed E-state index contributed by atoms with van der Waals surface area (Å²) in [6.07, 6.45) is -0.253. The topological polar surface area (TPSA) is 75.0 Å². The molecule has 1 aliphatic heterocycles. The zero-order valence-corrected chi connectivity index (χ0v) is 23.0. The van der Waals surface area contributed by atoms with Crippen molar-refractivity contribution in [3.63, 3.8) is 0 Å². The van der Waals surface area contributed by atoms with Gasteiger partial charge in [0.1, 0.15) is 16.9 Å². The van der Waals surface area contributed by atoms with Crippen molar-refractivity contribution in [1.82, 2.24) is 9.80 Å². The largest absolute Gasteiger partial charge is 0.456 e. The van der Waals surface area contributed by atoms with Crippen molar-refractivity contribution < 1.29 is 18.7 Å². The van der Waals surface area contributed by atoms with Crippen LogP contribution in [0.15, 0.2) is 77.2 Å². The molecule has 3 aromatic carbocycles. The summed E-state index contributed by atoms with van der Waals surface area (Å²) in [4.78, 5) is 29.5. The van der Waals surface area contributed by atoms with Crippen molar-refractivity contribution in [2.75, 3.05) is 31.5 Å². The summed E-state index contributed by atoms with van der Waals surface area (Å²) < 4.78 is 11.8. The van der Waals surface area contributed by atoms with E-state index in [1.165, 1.54) is 0 Å². The maximum Gasteiger partial charge on any atom is 0.410 e. The lowest BCUT2D eigenvalue weighted by molar-refractivity contribution is 0.0139. The Kier molecular flexibility index (Phi) is 7.44. The van der Waals surface area contributed by atoms with Crippen LogP contribution in [0.1, 0.15) is 42.3 Å². The van der Waals surface area contributed by atoms with E-state index in [4.69, 9.17) is 9.15 Å². The summed E-state index contributed by atoms with van der Waals surface area (Å²) in [5.41, 5.74) is 4.70. The van der Waals surface area contributed by atoms with Crippen LogP contribution >= 0.6 is 0 Å². The number of rotatable bonds is 5. The minimum atomic E-state index is -0.495. The summed E-state index contributed by atoms with van der Waals surface area (Å²) >= 11 is 0. The van der Waals surface area contributed by atoms with Crippen LogP contribution in [-0.4, -0.2) is 53.6 Å². The first-order valence-corrected chi connectivity index (χ1v) is 13.4. The molecular formula is C32H35N3O4. The minimum absolute atomic E-state index is 0.162. The van der Waals surface area contributed by atoms with Gasteiger partial charge in [-0.05, 0) is 69.7 Å². The number of benzene rings is 3. The Balaban J connectivity index is 1.31. The molecule has 0 radical (unpaired) electrons. The molecule has 39 heavy (non-hydrogen) atoms. The molecule has 4 aromatic rings. The number of hydrogen-bond acceptors (Lipinski definition) is 5. The van der Waals surface area contributed by atoms with E-state index in [1.54, 1.807) is 4.90 Å². The number of fused-ring (bicyclic) bond motifs is 1. The second kappa shape index (κ2) is 10.9. The highest BCUT2D eigenvalue weighted by Gasteiger charge is 2.26. The molecule has 2 heterocycles. The number of piperazine rings is 1. The van der Waals surface area contributed by atoms with Crippen molar-refractivity contribution in [2.45, 2.75) is 39.8 Å². The van der Waals surface area contributed by atoms with Gasteiger partial charge in [0.15, 0.2) is 0 Å². The van der Waals surface area contributed by atoms with E-state index >= 15 is 0 Å². The first kappa shape index (κ1) is 26.5. The van der Waals surface area contributed by atoms with Crippen molar-refractivity contribution in [3.05, 3.63) is 89.5 Å². The monoisotopic (exact) mass is 525 g/mol. The Morgan fingerprint density at radius 1 is 0.923 bits per heavy atom. The molecule has 7 heteroatoms. The molecule has 0 aliphatic carbocycles. The van der Waals surface area contributed by atoms with E-state index < -0.39 is 5.60 Å². The third-order valence-corrected chi connectivity index (χ3v) is 6.82. The first-order valence-electron chi connectivity index (χ1n) is 13.4. The highest BCUT2D eigenvalue weighted by molar-refractivity contribution is 6.06. The van der Waals surface area contributed by atoms with E-state index in [9.17, 15) is 9.59 Å². The fourth-order valence-corrected chi connectivity index (χ4v) is 4.75. The molecule has 5 rings (SSSR count). The quantitative estimate of drug-likeness (QED) is 0.313. The fourth-order valence-electron chi connectivity index (χ4n) is 4.75. The molecule has 1 saturated heterocycles. The Morgan fingerprint density at radius 3 is 2.36 bits per heavy atom. The molecule has 2 amide bonds. The van der Waals surface area contributed by atoms with Crippen LogP contribution in [0.5, 0.6) is 0 Å². The molecule has 0 saturated carbocycles. The molecule has 7 nitrogen and oxygen atoms in total. The lowest BCUT2D eigenvalue weighted by atomic mass is 10.1. The molecule has 0 unspecified atom stereocenters. The predicted molar refractivity (Wildman–Crippen MR) is 154 cm³/mol. The van der Waals surface area contributed by atoms with Crippen LogP contribution < -0.4 is 5.32 Å². The number of ether oxygens (including phenoxy) is 1. The van der Waals surface area contributed by atoms with Gasteiger partial charge in [-0.1, -0.05) is 42.0 Å². The number of carbonyl (C=O) groups excluding carboxylic acids is 2. The lowest BCUT2D eigenvalue weighted by Crippen LogP contribution is -2.49. The number of aryl methyl sites for hydroxylation is 1. The molecule has 1 aromatic heterocycles. The van der Waals surface area contributed by atoms with Crippen LogP contribution in [0.25, 0.3) is 22.3 Å². The van der Waals surface area contributed by atoms with E-state index in [-0.39, 0.29) is 12.0 Å². The molecule has 202 valence electrons. The van der Waals surface area contributed by atoms with Gasteiger partial charge in [-0.25, -0.2) is 4.79 Å².